The highest BCUT2D eigenvalue weighted by Crippen LogP contribution is 2.41. The zero-order chi connectivity index (χ0) is 18.0. The van der Waals surface area contributed by atoms with E-state index in [0.29, 0.717) is 10.8 Å². The van der Waals surface area contributed by atoms with Crippen molar-refractivity contribution in [3.63, 3.8) is 0 Å². The van der Waals surface area contributed by atoms with Crippen molar-refractivity contribution in [2.45, 2.75) is 31.9 Å². The van der Waals surface area contributed by atoms with E-state index in [0.717, 1.165) is 23.5 Å². The number of nitrogens with one attached hydrogen (secondary N) is 2. The van der Waals surface area contributed by atoms with Gasteiger partial charge in [0, 0.05) is 17.7 Å². The van der Waals surface area contributed by atoms with Gasteiger partial charge in [0.05, 0.1) is 13.2 Å². The fourth-order valence-electron chi connectivity index (χ4n) is 2.98. The van der Waals surface area contributed by atoms with Crippen LogP contribution in [0.2, 0.25) is 0 Å². The average Bonchev–Trinajstić information content (AvgIpc) is 2.53. The first kappa shape index (κ1) is 17.5. The van der Waals surface area contributed by atoms with Crippen molar-refractivity contribution in [2.75, 3.05) is 12.4 Å². The molecule has 2 aromatic rings. The Hall–Kier alpha value is -2.34. The van der Waals surface area contributed by atoms with Crippen LogP contribution < -0.4 is 20.1 Å². The largest absolute Gasteiger partial charge is 0.497 e. The normalized spacial score (nSPS) is 17.8. The lowest BCUT2D eigenvalue weighted by Crippen LogP contribution is -2.42. The molecule has 25 heavy (non-hydrogen) atoms. The van der Waals surface area contributed by atoms with E-state index in [1.807, 2.05) is 32.0 Å². The van der Waals surface area contributed by atoms with Crippen LogP contribution in [0.3, 0.4) is 0 Å². The molecule has 0 aliphatic carbocycles. The molecule has 1 atom stereocenters. The van der Waals surface area contributed by atoms with Crippen LogP contribution in [0.1, 0.15) is 31.9 Å². The van der Waals surface area contributed by atoms with Crippen molar-refractivity contribution in [2.24, 2.45) is 0 Å². The van der Waals surface area contributed by atoms with Crippen LogP contribution in [-0.2, 0) is 0 Å². The molecule has 132 valence electrons. The summed E-state index contributed by atoms with van der Waals surface area (Å²) in [6, 6.07) is 11.9. The van der Waals surface area contributed by atoms with Crippen LogP contribution in [-0.4, -0.2) is 17.8 Å². The number of hydrogen-bond acceptors (Lipinski definition) is 3. The van der Waals surface area contributed by atoms with Gasteiger partial charge >= 0.3 is 0 Å². The molecule has 0 amide bonds. The smallest absolute Gasteiger partial charge is 0.171 e. The molecular formula is C19H21FN2O2S. The second-order valence-electron chi connectivity index (χ2n) is 6.63. The number of anilines is 1. The van der Waals surface area contributed by atoms with Crippen molar-refractivity contribution in [1.29, 1.82) is 0 Å². The molecule has 2 N–H and O–H groups in total. The zero-order valence-electron chi connectivity index (χ0n) is 14.4. The number of hydrogen-bond donors (Lipinski definition) is 2. The summed E-state index contributed by atoms with van der Waals surface area (Å²) in [4.78, 5) is 0. The summed E-state index contributed by atoms with van der Waals surface area (Å²) < 4.78 is 24.7. The number of methoxy groups -OCH3 is 1. The standard InChI is InChI=1S/C19H21FN2O2S/c1-19(2)11-16(15-10-14(23-3)7-8-17(15)24-19)22-18(25)21-13-6-4-5-12(20)9-13/h4-10,16H,11H2,1-3H3,(H2,21,22,25)/t16-/m1/s1. The van der Waals surface area contributed by atoms with Crippen molar-refractivity contribution in [3.8, 4) is 11.5 Å². The van der Waals surface area contributed by atoms with Gasteiger partial charge in [0.1, 0.15) is 22.9 Å². The maximum atomic E-state index is 13.3. The van der Waals surface area contributed by atoms with Crippen molar-refractivity contribution in [1.82, 2.24) is 5.32 Å². The monoisotopic (exact) mass is 360 g/mol. The third-order valence-electron chi connectivity index (χ3n) is 4.06. The topological polar surface area (TPSA) is 42.5 Å². The molecule has 1 aliphatic rings. The molecule has 2 aromatic carbocycles. The van der Waals surface area contributed by atoms with Crippen molar-refractivity contribution in [3.05, 3.63) is 53.8 Å². The number of benzene rings is 2. The molecule has 0 spiro atoms. The summed E-state index contributed by atoms with van der Waals surface area (Å²) >= 11 is 5.41. The van der Waals surface area contributed by atoms with E-state index >= 15 is 0 Å². The summed E-state index contributed by atoms with van der Waals surface area (Å²) in [5.41, 5.74) is 1.27. The minimum absolute atomic E-state index is 0.0394. The summed E-state index contributed by atoms with van der Waals surface area (Å²) in [7, 11) is 1.63. The zero-order valence-corrected chi connectivity index (χ0v) is 15.2. The second-order valence-corrected chi connectivity index (χ2v) is 7.04. The maximum Gasteiger partial charge on any atom is 0.171 e. The molecule has 0 unspecified atom stereocenters. The number of halogens is 1. The van der Waals surface area contributed by atoms with Crippen LogP contribution in [0.25, 0.3) is 0 Å². The summed E-state index contributed by atoms with van der Waals surface area (Å²) in [5, 5.41) is 6.77. The van der Waals surface area contributed by atoms with Gasteiger partial charge in [0.2, 0.25) is 0 Å². The quantitative estimate of drug-likeness (QED) is 0.793. The van der Waals surface area contributed by atoms with E-state index in [1.165, 1.54) is 12.1 Å². The maximum absolute atomic E-state index is 13.3. The van der Waals surface area contributed by atoms with Gasteiger partial charge in [-0.2, -0.15) is 0 Å². The number of rotatable bonds is 3. The van der Waals surface area contributed by atoms with E-state index in [4.69, 9.17) is 21.7 Å². The van der Waals surface area contributed by atoms with Gasteiger partial charge in [-0.1, -0.05) is 6.07 Å². The first-order valence-corrected chi connectivity index (χ1v) is 8.47. The molecule has 0 saturated heterocycles. The average molecular weight is 360 g/mol. The third-order valence-corrected chi connectivity index (χ3v) is 4.28. The van der Waals surface area contributed by atoms with Gasteiger partial charge < -0.3 is 20.1 Å². The predicted molar refractivity (Wildman–Crippen MR) is 101 cm³/mol. The van der Waals surface area contributed by atoms with Crippen LogP contribution in [0.5, 0.6) is 11.5 Å². The molecule has 0 aromatic heterocycles. The fourth-order valence-corrected chi connectivity index (χ4v) is 3.24. The first-order valence-electron chi connectivity index (χ1n) is 8.06. The highest BCUT2D eigenvalue weighted by Gasteiger charge is 2.34. The lowest BCUT2D eigenvalue weighted by molar-refractivity contribution is 0.0695. The molecule has 0 bridgehead atoms. The Morgan fingerprint density at radius 2 is 2.08 bits per heavy atom. The van der Waals surface area contributed by atoms with E-state index in [-0.39, 0.29) is 17.5 Å². The molecule has 1 aliphatic heterocycles. The minimum Gasteiger partial charge on any atom is -0.497 e. The fraction of sp³-hybridized carbons (Fsp3) is 0.316. The van der Waals surface area contributed by atoms with E-state index in [1.54, 1.807) is 19.2 Å². The summed E-state index contributed by atoms with van der Waals surface area (Å²) in [6.07, 6.45) is 0.734. The van der Waals surface area contributed by atoms with Crippen LogP contribution in [0.4, 0.5) is 10.1 Å². The Labute approximate surface area is 152 Å². The first-order chi connectivity index (χ1) is 11.9. The van der Waals surface area contributed by atoms with Crippen LogP contribution >= 0.6 is 12.2 Å². The molecule has 0 radical (unpaired) electrons. The molecule has 3 rings (SSSR count). The highest BCUT2D eigenvalue weighted by atomic mass is 32.1. The van der Waals surface area contributed by atoms with E-state index < -0.39 is 0 Å². The van der Waals surface area contributed by atoms with Gasteiger partial charge in [-0.15, -0.1) is 0 Å². The second kappa shape index (κ2) is 6.88. The Balaban J connectivity index is 1.80. The number of fused-ring (bicyclic) bond motifs is 1. The van der Waals surface area contributed by atoms with Gasteiger partial charge in [-0.05, 0) is 62.5 Å². The molecule has 0 fully saturated rings. The summed E-state index contributed by atoms with van der Waals surface area (Å²) in [6.45, 7) is 4.08. The van der Waals surface area contributed by atoms with E-state index in [9.17, 15) is 4.39 Å². The van der Waals surface area contributed by atoms with Crippen molar-refractivity contribution < 1.29 is 13.9 Å². The summed E-state index contributed by atoms with van der Waals surface area (Å²) in [5.74, 6) is 1.26. The number of thiocarbonyl (C=S) groups is 1. The highest BCUT2D eigenvalue weighted by molar-refractivity contribution is 7.80. The molecule has 4 nitrogen and oxygen atoms in total. The minimum atomic E-state index is -0.326. The number of ether oxygens (including phenoxy) is 2. The Bertz CT molecular complexity index is 795. The van der Waals surface area contributed by atoms with Gasteiger partial charge in [-0.25, -0.2) is 4.39 Å². The van der Waals surface area contributed by atoms with Crippen molar-refractivity contribution >= 4 is 23.0 Å². The molecular weight excluding hydrogens is 339 g/mol. The van der Waals surface area contributed by atoms with Gasteiger partial charge in [-0.3, -0.25) is 0 Å². The SMILES string of the molecule is COc1ccc2c(c1)[C@H](NC(=S)Nc1cccc(F)c1)CC(C)(C)O2. The Morgan fingerprint density at radius 3 is 2.80 bits per heavy atom. The lowest BCUT2D eigenvalue weighted by Gasteiger charge is -2.38. The third kappa shape index (κ3) is 4.20. The van der Waals surface area contributed by atoms with Gasteiger partial charge in [0.25, 0.3) is 0 Å². The molecule has 1 heterocycles. The molecule has 0 saturated carbocycles. The van der Waals surface area contributed by atoms with E-state index in [2.05, 4.69) is 10.6 Å². The molecule has 6 heteroatoms. The van der Waals surface area contributed by atoms with Crippen LogP contribution in [0.15, 0.2) is 42.5 Å². The Kier molecular flexibility index (Phi) is 4.81. The van der Waals surface area contributed by atoms with Gasteiger partial charge in [0.15, 0.2) is 5.11 Å². The van der Waals surface area contributed by atoms with Crippen LogP contribution in [0, 0.1) is 5.82 Å². The lowest BCUT2D eigenvalue weighted by atomic mass is 9.89. The predicted octanol–water partition coefficient (Wildman–Crippen LogP) is 4.42. The Morgan fingerprint density at radius 1 is 1.28 bits per heavy atom.